The first-order chi connectivity index (χ1) is 6.29. The maximum absolute atomic E-state index is 13.4. The highest BCUT2D eigenvalue weighted by Crippen LogP contribution is 2.13. The Morgan fingerprint density at radius 2 is 2.15 bits per heavy atom. The summed E-state index contributed by atoms with van der Waals surface area (Å²) in [7, 11) is 0. The standard InChI is InChI=1S/C10H10FNO/c1-2-8-4-3-5-9(10(8)11)6-12-7-13/h3-5H,2,6H2,1H3. The third-order valence-electron chi connectivity index (χ3n) is 1.85. The maximum atomic E-state index is 13.4. The summed E-state index contributed by atoms with van der Waals surface area (Å²) in [5.74, 6) is -0.260. The summed E-state index contributed by atoms with van der Waals surface area (Å²) in [6.45, 7) is 1.95. The van der Waals surface area contributed by atoms with Gasteiger partial charge in [-0.1, -0.05) is 25.1 Å². The van der Waals surface area contributed by atoms with E-state index in [4.69, 9.17) is 0 Å². The van der Waals surface area contributed by atoms with Gasteiger partial charge in [0.2, 0.25) is 6.08 Å². The van der Waals surface area contributed by atoms with Gasteiger partial charge in [0.05, 0.1) is 6.54 Å². The molecule has 0 aromatic heterocycles. The first kappa shape index (κ1) is 9.62. The van der Waals surface area contributed by atoms with Crippen LogP contribution in [-0.4, -0.2) is 6.08 Å². The van der Waals surface area contributed by atoms with Crippen molar-refractivity contribution in [2.45, 2.75) is 19.9 Å². The molecule has 0 amide bonds. The number of rotatable bonds is 3. The molecule has 0 saturated carbocycles. The summed E-state index contributed by atoms with van der Waals surface area (Å²) in [5, 5.41) is 0. The van der Waals surface area contributed by atoms with Gasteiger partial charge >= 0.3 is 0 Å². The lowest BCUT2D eigenvalue weighted by atomic mass is 10.1. The molecule has 0 saturated heterocycles. The second-order valence-electron chi connectivity index (χ2n) is 2.65. The second-order valence-corrected chi connectivity index (χ2v) is 2.65. The minimum Gasteiger partial charge on any atom is -0.211 e. The molecule has 1 rings (SSSR count). The van der Waals surface area contributed by atoms with Crippen LogP contribution in [0.4, 0.5) is 4.39 Å². The van der Waals surface area contributed by atoms with Gasteiger partial charge in [-0.25, -0.2) is 14.2 Å². The number of benzene rings is 1. The first-order valence-corrected chi connectivity index (χ1v) is 4.09. The van der Waals surface area contributed by atoms with Gasteiger partial charge in [-0.3, -0.25) is 0 Å². The summed E-state index contributed by atoms with van der Waals surface area (Å²) < 4.78 is 13.4. The van der Waals surface area contributed by atoms with Crippen LogP contribution in [0.2, 0.25) is 0 Å². The minimum absolute atomic E-state index is 0.0726. The van der Waals surface area contributed by atoms with Crippen LogP contribution in [-0.2, 0) is 17.8 Å². The van der Waals surface area contributed by atoms with Gasteiger partial charge < -0.3 is 0 Å². The van der Waals surface area contributed by atoms with Gasteiger partial charge in [0, 0.05) is 5.56 Å². The minimum atomic E-state index is -0.260. The molecule has 13 heavy (non-hydrogen) atoms. The van der Waals surface area contributed by atoms with E-state index in [1.165, 1.54) is 6.08 Å². The molecule has 1 aromatic carbocycles. The molecule has 0 unspecified atom stereocenters. The monoisotopic (exact) mass is 179 g/mol. The highest BCUT2D eigenvalue weighted by molar-refractivity contribution is 5.34. The van der Waals surface area contributed by atoms with E-state index < -0.39 is 0 Å². The van der Waals surface area contributed by atoms with Crippen LogP contribution in [0.3, 0.4) is 0 Å². The van der Waals surface area contributed by atoms with Crippen LogP contribution in [0.5, 0.6) is 0 Å². The van der Waals surface area contributed by atoms with Gasteiger partial charge in [0.15, 0.2) is 0 Å². The Hall–Kier alpha value is -1.47. The molecule has 0 aliphatic carbocycles. The quantitative estimate of drug-likeness (QED) is 0.516. The van der Waals surface area contributed by atoms with Crippen molar-refractivity contribution < 1.29 is 9.18 Å². The van der Waals surface area contributed by atoms with Crippen LogP contribution in [0.25, 0.3) is 0 Å². The van der Waals surface area contributed by atoms with Crippen LogP contribution >= 0.6 is 0 Å². The van der Waals surface area contributed by atoms with E-state index >= 15 is 0 Å². The summed E-state index contributed by atoms with van der Waals surface area (Å²) in [6, 6.07) is 5.11. The number of hydrogen-bond donors (Lipinski definition) is 0. The van der Waals surface area contributed by atoms with Crippen LogP contribution in [0, 0.1) is 5.82 Å². The lowest BCUT2D eigenvalue weighted by molar-refractivity contribution is 0.561. The Balaban J connectivity index is 3.00. The Labute approximate surface area is 76.1 Å². The van der Waals surface area contributed by atoms with Crippen LogP contribution in [0.15, 0.2) is 23.2 Å². The van der Waals surface area contributed by atoms with Gasteiger partial charge in [0.1, 0.15) is 5.82 Å². The van der Waals surface area contributed by atoms with E-state index in [2.05, 4.69) is 4.99 Å². The fraction of sp³-hybridized carbons (Fsp3) is 0.300. The Morgan fingerprint density at radius 3 is 2.77 bits per heavy atom. The molecule has 0 aliphatic rings. The number of halogens is 1. The van der Waals surface area contributed by atoms with Crippen LogP contribution < -0.4 is 0 Å². The molecule has 1 aromatic rings. The zero-order valence-electron chi connectivity index (χ0n) is 7.38. The normalized spacial score (nSPS) is 9.38. The van der Waals surface area contributed by atoms with Gasteiger partial charge in [0.25, 0.3) is 0 Å². The Bertz CT molecular complexity index is 343. The third kappa shape index (κ3) is 2.23. The molecule has 0 bridgehead atoms. The largest absolute Gasteiger partial charge is 0.235 e. The first-order valence-electron chi connectivity index (χ1n) is 4.09. The predicted molar refractivity (Wildman–Crippen MR) is 47.6 cm³/mol. The summed E-state index contributed by atoms with van der Waals surface area (Å²) in [6.07, 6.45) is 2.03. The number of nitrogens with zero attached hydrogens (tertiary/aromatic N) is 1. The molecule has 3 heteroatoms. The van der Waals surface area contributed by atoms with Gasteiger partial charge in [-0.15, -0.1) is 0 Å². The third-order valence-corrected chi connectivity index (χ3v) is 1.85. The molecule has 0 fully saturated rings. The van der Waals surface area contributed by atoms with E-state index in [9.17, 15) is 9.18 Å². The van der Waals surface area contributed by atoms with Crippen molar-refractivity contribution in [3.8, 4) is 0 Å². The highest BCUT2D eigenvalue weighted by Gasteiger charge is 2.04. The number of hydrogen-bond acceptors (Lipinski definition) is 2. The summed E-state index contributed by atoms with van der Waals surface area (Å²) >= 11 is 0. The average Bonchev–Trinajstić information content (AvgIpc) is 2.16. The van der Waals surface area contributed by atoms with E-state index in [0.29, 0.717) is 17.5 Å². The molecule has 0 heterocycles. The summed E-state index contributed by atoms with van der Waals surface area (Å²) in [5.41, 5.74) is 1.10. The molecule has 68 valence electrons. The Morgan fingerprint density at radius 1 is 1.46 bits per heavy atom. The van der Waals surface area contributed by atoms with E-state index in [-0.39, 0.29) is 12.4 Å². The lowest BCUT2D eigenvalue weighted by Crippen LogP contribution is -1.94. The van der Waals surface area contributed by atoms with Crippen molar-refractivity contribution >= 4 is 6.08 Å². The van der Waals surface area contributed by atoms with E-state index in [1.807, 2.05) is 6.92 Å². The smallest absolute Gasteiger partial charge is 0.211 e. The SMILES string of the molecule is CCc1cccc(CN=C=O)c1F. The molecule has 0 aliphatic heterocycles. The van der Waals surface area contributed by atoms with Crippen molar-refractivity contribution in [3.63, 3.8) is 0 Å². The Kier molecular flexibility index (Phi) is 3.35. The topological polar surface area (TPSA) is 29.4 Å². The maximum Gasteiger partial charge on any atom is 0.235 e. The zero-order chi connectivity index (χ0) is 9.68. The second kappa shape index (κ2) is 4.53. The molecule has 2 nitrogen and oxygen atoms in total. The van der Waals surface area contributed by atoms with Crippen molar-refractivity contribution in [1.29, 1.82) is 0 Å². The molecule has 0 radical (unpaired) electrons. The van der Waals surface area contributed by atoms with Gasteiger partial charge in [-0.2, -0.15) is 0 Å². The van der Waals surface area contributed by atoms with Gasteiger partial charge in [-0.05, 0) is 12.0 Å². The van der Waals surface area contributed by atoms with Crippen molar-refractivity contribution in [3.05, 3.63) is 35.1 Å². The van der Waals surface area contributed by atoms with Crippen molar-refractivity contribution in [2.75, 3.05) is 0 Å². The number of aryl methyl sites for hydroxylation is 1. The van der Waals surface area contributed by atoms with Crippen molar-refractivity contribution in [1.82, 2.24) is 0 Å². The van der Waals surface area contributed by atoms with E-state index in [1.54, 1.807) is 18.2 Å². The average molecular weight is 179 g/mol. The molecule has 0 atom stereocenters. The number of isocyanates is 1. The van der Waals surface area contributed by atoms with E-state index in [0.717, 1.165) is 0 Å². The summed E-state index contributed by atoms with van der Waals surface area (Å²) in [4.78, 5) is 13.2. The molecular formula is C10H10FNO. The van der Waals surface area contributed by atoms with Crippen molar-refractivity contribution in [2.24, 2.45) is 4.99 Å². The lowest BCUT2D eigenvalue weighted by Gasteiger charge is -2.02. The highest BCUT2D eigenvalue weighted by atomic mass is 19.1. The fourth-order valence-electron chi connectivity index (χ4n) is 1.15. The molecule has 0 spiro atoms. The number of aliphatic imine (C=N–C) groups is 1. The fourth-order valence-corrected chi connectivity index (χ4v) is 1.15. The zero-order valence-corrected chi connectivity index (χ0v) is 7.38. The molecule has 0 N–H and O–H groups in total. The van der Waals surface area contributed by atoms with Crippen LogP contribution in [0.1, 0.15) is 18.1 Å². The molecular weight excluding hydrogens is 169 g/mol. The number of carbonyl (C=O) groups excluding carboxylic acids is 1. The predicted octanol–water partition coefficient (Wildman–Crippen LogP) is 2.22.